The summed E-state index contributed by atoms with van der Waals surface area (Å²) in [5, 5.41) is 9.66. The first-order valence-electron chi connectivity index (χ1n) is 8.00. The van der Waals surface area contributed by atoms with E-state index >= 15 is 0 Å². The first-order chi connectivity index (χ1) is 12.1. The highest BCUT2D eigenvalue weighted by Gasteiger charge is 2.32. The van der Waals surface area contributed by atoms with Crippen LogP contribution in [0.4, 0.5) is 19.1 Å². The third kappa shape index (κ3) is 7.64. The van der Waals surface area contributed by atoms with Gasteiger partial charge in [0.2, 0.25) is 18.3 Å². The lowest BCUT2D eigenvalue weighted by molar-refractivity contribution is -0.154. The molecule has 0 spiro atoms. The van der Waals surface area contributed by atoms with Gasteiger partial charge >= 0.3 is 6.18 Å². The van der Waals surface area contributed by atoms with Gasteiger partial charge in [0, 0.05) is 6.20 Å². The van der Waals surface area contributed by atoms with Crippen LogP contribution in [-0.4, -0.2) is 39.1 Å². The van der Waals surface area contributed by atoms with Crippen molar-refractivity contribution in [1.82, 2.24) is 20.5 Å². The molecule has 0 aromatic carbocycles. The summed E-state index contributed by atoms with van der Waals surface area (Å²) in [6, 6.07) is 0.704. The molecule has 0 aliphatic rings. The van der Waals surface area contributed by atoms with Gasteiger partial charge in [0.25, 0.3) is 0 Å². The van der Waals surface area contributed by atoms with E-state index in [4.69, 9.17) is 0 Å². The van der Waals surface area contributed by atoms with E-state index in [1.54, 1.807) is 0 Å². The van der Waals surface area contributed by atoms with Crippen LogP contribution in [-0.2, 0) is 15.8 Å². The Morgan fingerprint density at radius 3 is 2.65 bits per heavy atom. The molecule has 0 radical (unpaired) electrons. The molecule has 2 amide bonds. The minimum atomic E-state index is -4.63. The van der Waals surface area contributed by atoms with E-state index in [2.05, 4.69) is 20.8 Å². The lowest BCUT2D eigenvalue weighted by atomic mass is 9.97. The number of halogens is 3. The molecule has 0 bridgehead atoms. The summed E-state index contributed by atoms with van der Waals surface area (Å²) in [6.45, 7) is 3.80. The van der Waals surface area contributed by atoms with Crippen molar-refractivity contribution in [3.8, 4) is 0 Å². The molecule has 3 N–H and O–H groups in total. The summed E-state index contributed by atoms with van der Waals surface area (Å²) in [5.74, 6) is -1.35. The Labute approximate surface area is 148 Å². The first-order valence-corrected chi connectivity index (χ1v) is 8.00. The van der Waals surface area contributed by atoms with E-state index in [1.807, 2.05) is 13.8 Å². The van der Waals surface area contributed by atoms with Gasteiger partial charge in [-0.25, -0.2) is 15.0 Å². The monoisotopic (exact) mass is 377 g/mol. The molecule has 1 heterocycles. The lowest BCUT2D eigenvalue weighted by Gasteiger charge is -2.20. The Morgan fingerprint density at radius 1 is 1.38 bits per heavy atom. The quantitative estimate of drug-likeness (QED) is 0.328. The minimum absolute atomic E-state index is 0.173. The summed E-state index contributed by atoms with van der Waals surface area (Å²) in [7, 11) is 0. The predicted molar refractivity (Wildman–Crippen MR) is 85.5 cm³/mol. The fraction of sp³-hybridized carbons (Fsp3) is 0.600. The summed E-state index contributed by atoms with van der Waals surface area (Å²) >= 11 is 0. The number of rotatable bonds is 10. The smallest absolute Gasteiger partial charge is 0.286 e. The molecular formula is C15H22F3N5O3. The Bertz CT molecular complexity index is 598. The molecule has 26 heavy (non-hydrogen) atoms. The number of alkyl halides is 3. The first kappa shape index (κ1) is 21.6. The van der Waals surface area contributed by atoms with E-state index in [1.165, 1.54) is 0 Å². The highest BCUT2D eigenvalue weighted by molar-refractivity contribution is 5.80. The summed E-state index contributed by atoms with van der Waals surface area (Å²) in [6.07, 6.45) is -1.63. The average molecular weight is 377 g/mol. The molecule has 0 unspecified atom stereocenters. The molecule has 146 valence electrons. The number of anilines is 1. The summed E-state index contributed by atoms with van der Waals surface area (Å²) < 4.78 is 37.8. The van der Waals surface area contributed by atoms with Crippen LogP contribution >= 0.6 is 0 Å². The van der Waals surface area contributed by atoms with Crippen molar-refractivity contribution in [3.63, 3.8) is 0 Å². The molecule has 8 nitrogen and oxygen atoms in total. The largest absolute Gasteiger partial charge is 0.433 e. The molecule has 1 aromatic heterocycles. The topological polar surface area (TPSA) is 107 Å². The second-order valence-electron chi connectivity index (χ2n) is 6.13. The average Bonchev–Trinajstić information content (AvgIpc) is 2.57. The Morgan fingerprint density at radius 2 is 2.08 bits per heavy atom. The Kier molecular flexibility index (Phi) is 8.23. The molecule has 0 fully saturated rings. The number of hydrazine groups is 1. The number of carbonyl (C=O) groups excluding carboxylic acids is 2. The van der Waals surface area contributed by atoms with Crippen molar-refractivity contribution < 1.29 is 28.0 Å². The number of carbonyl (C=O) groups is 2. The summed E-state index contributed by atoms with van der Waals surface area (Å²) in [5.41, 5.74) is 3.28. The van der Waals surface area contributed by atoms with Gasteiger partial charge in [-0.05, 0) is 18.4 Å². The van der Waals surface area contributed by atoms with Crippen LogP contribution in [0.1, 0.15) is 38.8 Å². The lowest BCUT2D eigenvalue weighted by Crippen LogP contribution is -2.40. The van der Waals surface area contributed by atoms with Crippen LogP contribution in [0, 0.1) is 11.8 Å². The van der Waals surface area contributed by atoms with Gasteiger partial charge in [0.1, 0.15) is 5.69 Å². The van der Waals surface area contributed by atoms with Gasteiger partial charge in [-0.3, -0.25) is 25.6 Å². The second kappa shape index (κ2) is 9.90. The fourth-order valence-corrected chi connectivity index (χ4v) is 2.14. The predicted octanol–water partition coefficient (Wildman–Crippen LogP) is 2.23. The SMILES string of the molecule is CC(C)CCC[C@H](CN(O)C=O)C(=O)NNc1nccc(C(F)(F)F)n1. The highest BCUT2D eigenvalue weighted by Crippen LogP contribution is 2.27. The van der Waals surface area contributed by atoms with Crippen LogP contribution in [0.2, 0.25) is 0 Å². The van der Waals surface area contributed by atoms with Crippen LogP contribution < -0.4 is 10.9 Å². The normalized spacial score (nSPS) is 12.6. The zero-order valence-electron chi connectivity index (χ0n) is 14.5. The molecule has 0 saturated heterocycles. The van der Waals surface area contributed by atoms with Crippen LogP contribution in [0.25, 0.3) is 0 Å². The Balaban J connectivity index is 2.68. The maximum absolute atomic E-state index is 12.6. The standard InChI is InChI=1S/C15H22F3N5O3/c1-10(2)4-3-5-11(8-23(26)9-24)13(25)21-22-14-19-7-6-12(20-14)15(16,17)18/h6-7,9-11,26H,3-5,8H2,1-2H3,(H,21,25)(H,19,20,22)/t11-/m1/s1. The maximum atomic E-state index is 12.6. The molecule has 1 atom stereocenters. The van der Waals surface area contributed by atoms with Gasteiger partial charge in [-0.1, -0.05) is 26.7 Å². The number of hydroxylamine groups is 2. The van der Waals surface area contributed by atoms with E-state index in [9.17, 15) is 28.0 Å². The van der Waals surface area contributed by atoms with Crippen molar-refractivity contribution in [2.75, 3.05) is 12.0 Å². The van der Waals surface area contributed by atoms with Crippen molar-refractivity contribution in [2.45, 2.75) is 39.3 Å². The summed E-state index contributed by atoms with van der Waals surface area (Å²) in [4.78, 5) is 29.6. The van der Waals surface area contributed by atoms with Gasteiger partial charge in [0.05, 0.1) is 12.5 Å². The number of nitrogens with zero attached hydrogens (tertiary/aromatic N) is 3. The van der Waals surface area contributed by atoms with E-state index < -0.39 is 29.6 Å². The fourth-order valence-electron chi connectivity index (χ4n) is 2.14. The molecule has 11 heteroatoms. The number of amides is 2. The zero-order valence-corrected chi connectivity index (χ0v) is 14.5. The molecule has 0 aliphatic heterocycles. The third-order valence-corrected chi connectivity index (χ3v) is 3.48. The van der Waals surface area contributed by atoms with Gasteiger partial charge in [-0.2, -0.15) is 13.2 Å². The molecule has 0 saturated carbocycles. The zero-order chi connectivity index (χ0) is 19.7. The van der Waals surface area contributed by atoms with Crippen LogP contribution in [0.15, 0.2) is 12.3 Å². The van der Waals surface area contributed by atoms with Gasteiger partial charge in [0.15, 0.2) is 0 Å². The van der Waals surface area contributed by atoms with Gasteiger partial charge in [-0.15, -0.1) is 0 Å². The van der Waals surface area contributed by atoms with Gasteiger partial charge < -0.3 is 0 Å². The number of hydrogen-bond acceptors (Lipinski definition) is 6. The Hall–Kier alpha value is -2.43. The third-order valence-electron chi connectivity index (χ3n) is 3.48. The van der Waals surface area contributed by atoms with Crippen molar-refractivity contribution in [1.29, 1.82) is 0 Å². The van der Waals surface area contributed by atoms with E-state index in [-0.39, 0.29) is 13.0 Å². The molecule has 0 aliphatic carbocycles. The maximum Gasteiger partial charge on any atom is 0.433 e. The van der Waals surface area contributed by atoms with E-state index in [0.717, 1.165) is 12.6 Å². The van der Waals surface area contributed by atoms with E-state index in [0.29, 0.717) is 29.9 Å². The van der Waals surface area contributed by atoms with Crippen LogP contribution in [0.3, 0.4) is 0 Å². The van der Waals surface area contributed by atoms with Crippen LogP contribution in [0.5, 0.6) is 0 Å². The number of nitrogens with one attached hydrogen (secondary N) is 2. The van der Waals surface area contributed by atoms with Crippen molar-refractivity contribution in [3.05, 3.63) is 18.0 Å². The molecule has 1 aromatic rings. The highest BCUT2D eigenvalue weighted by atomic mass is 19.4. The molecule has 1 rings (SSSR count). The number of hydrogen-bond donors (Lipinski definition) is 3. The minimum Gasteiger partial charge on any atom is -0.286 e. The second-order valence-corrected chi connectivity index (χ2v) is 6.13. The van der Waals surface area contributed by atoms with Crippen molar-refractivity contribution >= 4 is 18.3 Å². The van der Waals surface area contributed by atoms with Crippen molar-refractivity contribution in [2.24, 2.45) is 11.8 Å². The molecular weight excluding hydrogens is 355 g/mol. The number of aromatic nitrogens is 2.